The fourth-order valence-corrected chi connectivity index (χ4v) is 1.58. The lowest BCUT2D eigenvalue weighted by atomic mass is 10.1. The Labute approximate surface area is 82.5 Å². The van der Waals surface area contributed by atoms with Crippen molar-refractivity contribution in [2.24, 2.45) is 5.73 Å². The van der Waals surface area contributed by atoms with E-state index in [9.17, 15) is 4.79 Å². The Hall–Kier alpha value is -0.800. The van der Waals surface area contributed by atoms with Gasteiger partial charge in [0.1, 0.15) is 0 Å². The van der Waals surface area contributed by atoms with Crippen LogP contribution in [0.1, 0.15) is 18.1 Å². The van der Waals surface area contributed by atoms with Gasteiger partial charge in [-0.2, -0.15) is 0 Å². The molecule has 0 radical (unpaired) electrons. The lowest BCUT2D eigenvalue weighted by molar-refractivity contribution is -0.109. The van der Waals surface area contributed by atoms with E-state index < -0.39 is 0 Å². The summed E-state index contributed by atoms with van der Waals surface area (Å²) in [5.41, 5.74) is 7.77. The van der Waals surface area contributed by atoms with Crippen LogP contribution >= 0.6 is 11.8 Å². The smallest absolute Gasteiger partial charge is 0.186 e. The minimum absolute atomic E-state index is 0.151. The molecule has 0 aromatic heterocycles. The van der Waals surface area contributed by atoms with Crippen LogP contribution in [0.25, 0.3) is 0 Å². The van der Waals surface area contributed by atoms with Crippen molar-refractivity contribution in [3.8, 4) is 0 Å². The Morgan fingerprint density at radius 1 is 1.46 bits per heavy atom. The van der Waals surface area contributed by atoms with Gasteiger partial charge in [-0.05, 0) is 11.1 Å². The first-order chi connectivity index (χ1) is 6.22. The molecular formula is C10H13NOS. The maximum absolute atomic E-state index is 10.7. The summed E-state index contributed by atoms with van der Waals surface area (Å²) in [6.07, 6.45) is 0. The zero-order valence-corrected chi connectivity index (χ0v) is 8.43. The molecule has 0 saturated carbocycles. The highest BCUT2D eigenvalue weighted by atomic mass is 32.2. The number of carbonyl (C=O) groups is 1. The van der Waals surface area contributed by atoms with E-state index in [1.807, 2.05) is 24.3 Å². The molecule has 0 heterocycles. The number of thioether (sulfide) groups is 1. The highest BCUT2D eigenvalue weighted by Gasteiger charge is 1.97. The SMILES string of the molecule is CC(=O)SCc1cccc(CN)c1. The molecule has 2 N–H and O–H groups in total. The van der Waals surface area contributed by atoms with Crippen LogP contribution in [0.15, 0.2) is 24.3 Å². The van der Waals surface area contributed by atoms with Crippen molar-refractivity contribution in [1.29, 1.82) is 0 Å². The molecule has 0 aliphatic rings. The fraction of sp³-hybridized carbons (Fsp3) is 0.300. The number of hydrogen-bond donors (Lipinski definition) is 1. The van der Waals surface area contributed by atoms with Gasteiger partial charge in [0, 0.05) is 19.2 Å². The van der Waals surface area contributed by atoms with Gasteiger partial charge in [0.2, 0.25) is 0 Å². The molecular weight excluding hydrogens is 182 g/mol. The molecule has 13 heavy (non-hydrogen) atoms. The van der Waals surface area contributed by atoms with Crippen molar-refractivity contribution in [1.82, 2.24) is 0 Å². The number of nitrogens with two attached hydrogens (primary N) is 1. The van der Waals surface area contributed by atoms with Crippen LogP contribution in [0.4, 0.5) is 0 Å². The third-order valence-corrected chi connectivity index (χ3v) is 2.55. The van der Waals surface area contributed by atoms with Crippen LogP contribution in [0, 0.1) is 0 Å². The predicted octanol–water partition coefficient (Wildman–Crippen LogP) is 1.92. The van der Waals surface area contributed by atoms with Crippen LogP contribution in [-0.2, 0) is 17.1 Å². The monoisotopic (exact) mass is 195 g/mol. The summed E-state index contributed by atoms with van der Waals surface area (Å²) in [4.78, 5) is 10.7. The molecule has 3 heteroatoms. The molecule has 2 nitrogen and oxygen atoms in total. The third-order valence-electron chi connectivity index (χ3n) is 1.67. The van der Waals surface area contributed by atoms with E-state index in [-0.39, 0.29) is 5.12 Å². The summed E-state index contributed by atoms with van der Waals surface area (Å²) in [5, 5.41) is 0.151. The Balaban J connectivity index is 2.61. The molecule has 70 valence electrons. The minimum atomic E-state index is 0.151. The number of benzene rings is 1. The quantitative estimate of drug-likeness (QED) is 0.801. The molecule has 0 aliphatic carbocycles. The molecule has 0 saturated heterocycles. The van der Waals surface area contributed by atoms with Gasteiger partial charge in [-0.25, -0.2) is 0 Å². The first-order valence-corrected chi connectivity index (χ1v) is 5.12. The van der Waals surface area contributed by atoms with E-state index in [4.69, 9.17) is 5.73 Å². The second kappa shape index (κ2) is 5.04. The maximum Gasteiger partial charge on any atom is 0.186 e. The van der Waals surface area contributed by atoms with Gasteiger partial charge in [0.05, 0.1) is 0 Å². The maximum atomic E-state index is 10.7. The highest BCUT2D eigenvalue weighted by molar-refractivity contribution is 8.12. The van der Waals surface area contributed by atoms with Crippen molar-refractivity contribution >= 4 is 16.9 Å². The Bertz CT molecular complexity index is 299. The molecule has 0 spiro atoms. The first kappa shape index (κ1) is 10.3. The molecule has 1 aromatic rings. The molecule has 0 unspecified atom stereocenters. The van der Waals surface area contributed by atoms with E-state index in [1.165, 1.54) is 11.8 Å². The summed E-state index contributed by atoms with van der Waals surface area (Å²) >= 11 is 1.32. The standard InChI is InChI=1S/C10H13NOS/c1-8(12)13-7-10-4-2-3-9(5-10)6-11/h2-5H,6-7,11H2,1H3. The Kier molecular flexibility index (Phi) is 3.99. The molecule has 1 rings (SSSR count). The van der Waals surface area contributed by atoms with Crippen LogP contribution in [0.3, 0.4) is 0 Å². The summed E-state index contributed by atoms with van der Waals surface area (Å²) in [7, 11) is 0. The van der Waals surface area contributed by atoms with Crippen molar-refractivity contribution in [3.05, 3.63) is 35.4 Å². The summed E-state index contributed by atoms with van der Waals surface area (Å²) in [5.74, 6) is 0.739. The van der Waals surface area contributed by atoms with Crippen LogP contribution in [0.5, 0.6) is 0 Å². The Morgan fingerprint density at radius 2 is 2.15 bits per heavy atom. The zero-order chi connectivity index (χ0) is 9.68. The van der Waals surface area contributed by atoms with Gasteiger partial charge in [-0.3, -0.25) is 4.79 Å². The number of hydrogen-bond acceptors (Lipinski definition) is 3. The molecule has 0 atom stereocenters. The van der Waals surface area contributed by atoms with E-state index in [0.717, 1.165) is 16.9 Å². The molecule has 0 aliphatic heterocycles. The molecule has 0 bridgehead atoms. The van der Waals surface area contributed by atoms with Gasteiger partial charge in [-0.15, -0.1) is 0 Å². The zero-order valence-electron chi connectivity index (χ0n) is 7.62. The van der Waals surface area contributed by atoms with Crippen LogP contribution in [-0.4, -0.2) is 5.12 Å². The molecule has 0 amide bonds. The van der Waals surface area contributed by atoms with Crippen molar-refractivity contribution in [2.75, 3.05) is 0 Å². The lowest BCUT2D eigenvalue weighted by Gasteiger charge is -2.01. The topological polar surface area (TPSA) is 43.1 Å². The second-order valence-electron chi connectivity index (χ2n) is 2.80. The van der Waals surface area contributed by atoms with Crippen LogP contribution < -0.4 is 5.73 Å². The number of carbonyl (C=O) groups excluding carboxylic acids is 1. The minimum Gasteiger partial charge on any atom is -0.326 e. The van der Waals surface area contributed by atoms with Gasteiger partial charge in [0.25, 0.3) is 0 Å². The predicted molar refractivity (Wildman–Crippen MR) is 56.3 cm³/mol. The summed E-state index contributed by atoms with van der Waals surface area (Å²) < 4.78 is 0. The normalized spacial score (nSPS) is 10.0. The van der Waals surface area contributed by atoms with E-state index >= 15 is 0 Å². The van der Waals surface area contributed by atoms with Crippen molar-refractivity contribution < 1.29 is 4.79 Å². The first-order valence-electron chi connectivity index (χ1n) is 4.13. The van der Waals surface area contributed by atoms with Gasteiger partial charge >= 0.3 is 0 Å². The van der Waals surface area contributed by atoms with Crippen molar-refractivity contribution in [3.63, 3.8) is 0 Å². The molecule has 1 aromatic carbocycles. The van der Waals surface area contributed by atoms with E-state index in [2.05, 4.69) is 0 Å². The van der Waals surface area contributed by atoms with Crippen molar-refractivity contribution in [2.45, 2.75) is 19.2 Å². The third kappa shape index (κ3) is 3.61. The second-order valence-corrected chi connectivity index (χ2v) is 3.96. The summed E-state index contributed by atoms with van der Waals surface area (Å²) in [6.45, 7) is 2.13. The lowest BCUT2D eigenvalue weighted by Crippen LogP contribution is -1.96. The van der Waals surface area contributed by atoms with Gasteiger partial charge in [-0.1, -0.05) is 36.0 Å². The molecule has 0 fully saturated rings. The van der Waals surface area contributed by atoms with Gasteiger partial charge < -0.3 is 5.73 Å². The number of rotatable bonds is 3. The van der Waals surface area contributed by atoms with Gasteiger partial charge in [0.15, 0.2) is 5.12 Å². The largest absolute Gasteiger partial charge is 0.326 e. The van der Waals surface area contributed by atoms with E-state index in [0.29, 0.717) is 6.54 Å². The summed E-state index contributed by atoms with van der Waals surface area (Å²) in [6, 6.07) is 8.01. The average molecular weight is 195 g/mol. The van der Waals surface area contributed by atoms with E-state index in [1.54, 1.807) is 6.92 Å². The fourth-order valence-electron chi connectivity index (χ4n) is 1.03. The average Bonchev–Trinajstić information content (AvgIpc) is 2.15. The highest BCUT2D eigenvalue weighted by Crippen LogP contribution is 2.13. The van der Waals surface area contributed by atoms with Crippen LogP contribution in [0.2, 0.25) is 0 Å². The Morgan fingerprint density at radius 3 is 2.77 bits per heavy atom.